The van der Waals surface area contributed by atoms with Crippen LogP contribution in [0.4, 0.5) is 17.1 Å². The molecule has 208 valence electrons. The molecule has 0 amide bonds. The molecular weight excluding hydrogens is 518 g/mol. The fraction of sp³-hybridized carbons (Fsp3) is 0.143. The molecule has 1 nitrogen and oxygen atoms in total. The number of anilines is 3. The molecular formula is C42H35N. The first kappa shape index (κ1) is 8.39. The largest absolute Gasteiger partial charge is 0.309 e. The number of fused-ring (bicyclic) bond motifs is 6. The van der Waals surface area contributed by atoms with Gasteiger partial charge in [0, 0.05) is 44.1 Å². The summed E-state index contributed by atoms with van der Waals surface area (Å²) in [6, 6.07) is -26.8. The van der Waals surface area contributed by atoms with Crippen molar-refractivity contribution in [2.75, 3.05) is 4.90 Å². The standard InChI is InChI=1S/C42H35N/c1-41(2)33-18-10-8-16-31(33)39-35(41)20-12-22-37(39)43(30-26-24-29(25-27-30)28-14-6-5-7-15-28)38-23-13-21-36-40(38)32-17-9-11-19-34(32)42(36,3)4/h5-27H,1-4H3/i1D3,2D3,3D3,4D3,5D,6D,7D,8D,9D,10D,11D,12D,13D,14D,15D,16D,17D,18D,19D,20D,21D,22D,23D,24D,25D,26D. The normalized spacial score (nSPS) is 27.3. The third-order valence-electron chi connectivity index (χ3n) is 7.19. The van der Waals surface area contributed by atoms with Crippen LogP contribution in [-0.4, -0.2) is 0 Å². The predicted octanol–water partition coefficient (Wildman–Crippen LogP) is 11.4. The van der Waals surface area contributed by atoms with Gasteiger partial charge in [0.2, 0.25) is 0 Å². The summed E-state index contributed by atoms with van der Waals surface area (Å²) in [4.78, 5) is 0.280. The lowest BCUT2D eigenvalue weighted by Crippen LogP contribution is -2.17. The third kappa shape index (κ3) is 3.71. The first-order valence-corrected chi connectivity index (χ1v) is 12.5. The van der Waals surface area contributed by atoms with Gasteiger partial charge in [-0.1, -0.05) is 142 Å². The van der Waals surface area contributed by atoms with Crippen LogP contribution in [0.5, 0.6) is 0 Å². The van der Waals surface area contributed by atoms with E-state index in [9.17, 15) is 15.1 Å². The van der Waals surface area contributed by atoms with Crippen LogP contribution >= 0.6 is 0 Å². The fourth-order valence-corrected chi connectivity index (χ4v) is 5.31. The number of nitrogens with zero attached hydrogens (tertiary/aromatic N) is 1. The molecule has 0 radical (unpaired) electrons. The molecule has 0 fully saturated rings. The van der Waals surface area contributed by atoms with Gasteiger partial charge in [0.05, 0.1) is 41.5 Å². The van der Waals surface area contributed by atoms with E-state index in [1.807, 2.05) is 0 Å². The summed E-state index contributed by atoms with van der Waals surface area (Å²) in [5.74, 6) is 0. The molecule has 43 heavy (non-hydrogen) atoms. The van der Waals surface area contributed by atoms with E-state index in [-0.39, 0.29) is 4.90 Å². The fourth-order valence-electron chi connectivity index (χ4n) is 5.31. The van der Waals surface area contributed by atoms with E-state index in [0.717, 1.165) is 0 Å². The lowest BCUT2D eigenvalue weighted by Gasteiger charge is -2.31. The Labute approximate surface area is 302 Å². The molecule has 0 aliphatic heterocycles. The Morgan fingerprint density at radius 2 is 0.953 bits per heavy atom. The van der Waals surface area contributed by atoms with Gasteiger partial charge < -0.3 is 4.90 Å². The highest BCUT2D eigenvalue weighted by molar-refractivity contribution is 6.00. The molecule has 0 heterocycles. The summed E-state index contributed by atoms with van der Waals surface area (Å²) in [6.45, 7) is -16.2. The average Bonchev–Trinajstić information content (AvgIpc) is 3.96. The third-order valence-corrected chi connectivity index (χ3v) is 7.19. The molecule has 6 aromatic rings. The maximum Gasteiger partial charge on any atom is 0.0645 e. The van der Waals surface area contributed by atoms with Crippen LogP contribution < -0.4 is 4.90 Å². The monoisotopic (exact) mass is 587 g/mol. The van der Waals surface area contributed by atoms with Crippen molar-refractivity contribution >= 4 is 17.1 Å². The van der Waals surface area contributed by atoms with Gasteiger partial charge in [-0.25, -0.2) is 0 Å². The van der Waals surface area contributed by atoms with Crippen molar-refractivity contribution in [1.82, 2.24) is 0 Å². The first-order valence-electron chi connectivity index (χ1n) is 29.5. The van der Waals surface area contributed by atoms with Crippen LogP contribution in [0.2, 0.25) is 0 Å². The highest BCUT2D eigenvalue weighted by atomic mass is 15.1. The van der Waals surface area contributed by atoms with E-state index in [1.54, 1.807) is 0 Å². The summed E-state index contributed by atoms with van der Waals surface area (Å²) < 4.78 is 306. The lowest BCUT2D eigenvalue weighted by atomic mass is 9.82. The Balaban J connectivity index is 1.79. The molecule has 0 saturated heterocycles. The van der Waals surface area contributed by atoms with Crippen LogP contribution in [0.3, 0.4) is 0 Å². The topological polar surface area (TPSA) is 3.24 Å². The minimum atomic E-state index is -4.05. The van der Waals surface area contributed by atoms with Crippen LogP contribution in [0.25, 0.3) is 33.4 Å². The van der Waals surface area contributed by atoms with Crippen LogP contribution in [0.1, 0.15) is 96.3 Å². The quantitative estimate of drug-likeness (QED) is 0.198. The van der Waals surface area contributed by atoms with Crippen LogP contribution in [0, 0.1) is 0 Å². The Hall–Kier alpha value is -4.88. The smallest absolute Gasteiger partial charge is 0.0645 e. The van der Waals surface area contributed by atoms with Gasteiger partial charge in [0.25, 0.3) is 0 Å². The zero-order chi connectivity index (χ0) is 58.5. The molecule has 0 aromatic heterocycles. The van der Waals surface area contributed by atoms with Crippen LogP contribution in [-0.2, 0) is 10.8 Å². The Bertz CT molecular complexity index is 3440. The van der Waals surface area contributed by atoms with E-state index in [1.165, 1.54) is 0 Å². The Kier molecular flexibility index (Phi) is 1.82. The molecule has 8 rings (SSSR count). The SMILES string of the molecule is [2H]c1cc(N(c2c([2H])c([2H])c([2H])c3c2-c2c([2H])c([2H])c([2H])c([2H])c2C3(C([2H])([2H])[2H])C([2H])([2H])[2H])c2c([2H])c([2H])c([2H])c3c2-c2c([2H])c([2H])c([2H])c([2H])c2C3(C([2H])([2H])[2H])C([2H])([2H])[2H])c([2H])c([2H])c1-c1c([2H])c([2H])c([2H])c([2H])c1[2H]. The average molecular weight is 588 g/mol. The maximum absolute atomic E-state index is 9.70. The second-order valence-corrected chi connectivity index (χ2v) is 9.58. The van der Waals surface area contributed by atoms with E-state index in [4.69, 9.17) is 31.5 Å². The predicted molar refractivity (Wildman–Crippen MR) is 182 cm³/mol. The molecule has 0 saturated carbocycles. The number of rotatable bonds is 4. The van der Waals surface area contributed by atoms with Gasteiger partial charge in [-0.2, -0.15) is 0 Å². The molecule has 1 heteroatoms. The molecule has 2 aliphatic carbocycles. The van der Waals surface area contributed by atoms with Crippen molar-refractivity contribution in [3.8, 4) is 33.4 Å². The minimum absolute atomic E-state index is 0.280. The molecule has 0 atom stereocenters. The maximum atomic E-state index is 9.70. The van der Waals surface area contributed by atoms with Gasteiger partial charge in [-0.15, -0.1) is 0 Å². The van der Waals surface area contributed by atoms with Gasteiger partial charge in [-0.05, 0) is 68.7 Å². The minimum Gasteiger partial charge on any atom is -0.309 e. The summed E-state index contributed by atoms with van der Waals surface area (Å²) in [5, 5.41) is 0. The Morgan fingerprint density at radius 1 is 0.465 bits per heavy atom. The van der Waals surface area contributed by atoms with E-state index < -0.39 is 244 Å². The van der Waals surface area contributed by atoms with Crippen molar-refractivity contribution in [1.29, 1.82) is 0 Å². The van der Waals surface area contributed by atoms with Gasteiger partial charge >= 0.3 is 0 Å². The Morgan fingerprint density at radius 3 is 1.51 bits per heavy atom. The van der Waals surface area contributed by atoms with Crippen molar-refractivity contribution in [2.24, 2.45) is 0 Å². The highest BCUT2D eigenvalue weighted by Gasteiger charge is 2.40. The molecule has 0 bridgehead atoms. The first-order chi connectivity index (χ1) is 35.0. The van der Waals surface area contributed by atoms with Crippen molar-refractivity contribution in [3.63, 3.8) is 0 Å². The summed E-state index contributed by atoms with van der Waals surface area (Å²) >= 11 is 0. The van der Waals surface area contributed by atoms with E-state index >= 15 is 0 Å². The zero-order valence-electron chi connectivity index (χ0n) is 55.5. The number of hydrogen-bond acceptors (Lipinski definition) is 1. The highest BCUT2D eigenvalue weighted by Crippen LogP contribution is 2.57. The summed E-state index contributed by atoms with van der Waals surface area (Å²) in [7, 11) is 0. The lowest BCUT2D eigenvalue weighted by molar-refractivity contribution is 0.660. The van der Waals surface area contributed by atoms with Crippen molar-refractivity contribution < 1.29 is 46.6 Å². The van der Waals surface area contributed by atoms with Gasteiger partial charge in [0.15, 0.2) is 0 Å². The molecule has 0 spiro atoms. The van der Waals surface area contributed by atoms with E-state index in [2.05, 4.69) is 0 Å². The molecule has 2 aliphatic rings. The summed E-state index contributed by atoms with van der Waals surface area (Å²) in [5.41, 5.74) is -23.0. The zero-order valence-corrected chi connectivity index (χ0v) is 21.5. The second kappa shape index (κ2) is 9.31. The van der Waals surface area contributed by atoms with Crippen molar-refractivity contribution in [3.05, 3.63) is 161 Å². The molecule has 0 N–H and O–H groups in total. The van der Waals surface area contributed by atoms with Crippen LogP contribution in [0.15, 0.2) is 139 Å². The number of benzene rings is 6. The van der Waals surface area contributed by atoms with Gasteiger partial charge in [0.1, 0.15) is 0 Å². The van der Waals surface area contributed by atoms with E-state index in [0.29, 0.717) is 6.07 Å². The molecule has 0 unspecified atom stereocenters. The van der Waals surface area contributed by atoms with Crippen molar-refractivity contribution in [2.45, 2.75) is 38.2 Å². The molecule has 6 aromatic carbocycles. The van der Waals surface area contributed by atoms with Gasteiger partial charge in [-0.3, -0.25) is 0 Å². The number of hydrogen-bond donors (Lipinski definition) is 0. The second-order valence-electron chi connectivity index (χ2n) is 9.58. The summed E-state index contributed by atoms with van der Waals surface area (Å²) in [6.07, 6.45) is 0.